The van der Waals surface area contributed by atoms with Crippen molar-refractivity contribution in [1.29, 1.82) is 0 Å². The van der Waals surface area contributed by atoms with Crippen LogP contribution in [0.15, 0.2) is 29.6 Å². The van der Waals surface area contributed by atoms with Gasteiger partial charge < -0.3 is 9.47 Å². The lowest BCUT2D eigenvalue weighted by Crippen LogP contribution is -2.10. The van der Waals surface area contributed by atoms with Crippen molar-refractivity contribution in [2.75, 3.05) is 13.4 Å². The number of nitrogens with zero attached hydrogens (tertiary/aromatic N) is 7. The molecule has 0 unspecified atom stereocenters. The monoisotopic (exact) mass is 373 g/mol. The van der Waals surface area contributed by atoms with Gasteiger partial charge in [-0.25, -0.2) is 9.97 Å². The van der Waals surface area contributed by atoms with Crippen LogP contribution in [-0.4, -0.2) is 48.5 Å². The Kier molecular flexibility index (Phi) is 6.08. The van der Waals surface area contributed by atoms with Crippen molar-refractivity contribution >= 4 is 11.8 Å². The lowest BCUT2D eigenvalue weighted by atomic mass is 10.2. The van der Waals surface area contributed by atoms with E-state index < -0.39 is 0 Å². The van der Waals surface area contributed by atoms with E-state index in [0.717, 1.165) is 17.7 Å². The number of hydrogen-bond donors (Lipinski definition) is 0. The minimum Gasteiger partial charge on any atom is -0.469 e. The quantitative estimate of drug-likeness (QED) is 0.432. The average molecular weight is 373 g/mol. The van der Waals surface area contributed by atoms with Crippen molar-refractivity contribution in [1.82, 2.24) is 35.2 Å². The van der Waals surface area contributed by atoms with Gasteiger partial charge in [-0.2, -0.15) is 9.67 Å². The summed E-state index contributed by atoms with van der Waals surface area (Å²) in [5.41, 5.74) is 1.90. The van der Waals surface area contributed by atoms with Crippen molar-refractivity contribution in [3.8, 4) is 11.7 Å². The van der Waals surface area contributed by atoms with Crippen LogP contribution in [0.1, 0.15) is 24.0 Å². The number of aryl methyl sites for hydroxylation is 1. The van der Waals surface area contributed by atoms with E-state index in [1.54, 1.807) is 24.1 Å². The third kappa shape index (κ3) is 4.33. The number of thioether (sulfide) groups is 1. The summed E-state index contributed by atoms with van der Waals surface area (Å²) in [4.78, 5) is 13.0. The number of aromatic nitrogens is 7. The summed E-state index contributed by atoms with van der Waals surface area (Å²) in [6, 6.07) is 5.66. The zero-order chi connectivity index (χ0) is 18.4. The van der Waals surface area contributed by atoms with Crippen LogP contribution in [0, 0.1) is 0 Å². The molecule has 0 aliphatic heterocycles. The second-order valence-electron chi connectivity index (χ2n) is 5.29. The molecule has 0 N–H and O–H groups in total. The van der Waals surface area contributed by atoms with Crippen LogP contribution in [0.2, 0.25) is 0 Å². The van der Waals surface area contributed by atoms with Crippen LogP contribution in [0.4, 0.5) is 0 Å². The highest BCUT2D eigenvalue weighted by molar-refractivity contribution is 7.98. The Morgan fingerprint density at radius 1 is 1.19 bits per heavy atom. The zero-order valence-corrected chi connectivity index (χ0v) is 15.6. The Morgan fingerprint density at radius 2 is 2.08 bits per heavy atom. The number of hydrogen-bond acceptors (Lipinski definition) is 9. The van der Waals surface area contributed by atoms with Crippen molar-refractivity contribution in [3.63, 3.8) is 0 Å². The maximum Gasteiger partial charge on any atom is 0.218 e. The average Bonchev–Trinajstić information content (AvgIpc) is 3.15. The van der Waals surface area contributed by atoms with Crippen LogP contribution in [0.5, 0.6) is 5.88 Å². The summed E-state index contributed by atoms with van der Waals surface area (Å²) >= 11 is 1.44. The van der Waals surface area contributed by atoms with Gasteiger partial charge in [-0.05, 0) is 40.8 Å². The highest BCUT2D eigenvalue weighted by atomic mass is 32.2. The van der Waals surface area contributed by atoms with Crippen LogP contribution in [0.25, 0.3) is 5.82 Å². The van der Waals surface area contributed by atoms with E-state index in [4.69, 9.17) is 9.47 Å². The summed E-state index contributed by atoms with van der Waals surface area (Å²) in [6.07, 6.45) is 4.56. The SMILES string of the molecule is CCc1ccnc(-n2nnnc2COc2cc(COC)nc(SC)n2)c1. The second-order valence-corrected chi connectivity index (χ2v) is 6.06. The standard InChI is InChI=1S/C16H19N7O2S/c1-4-11-5-6-17-13(7-11)23-14(20-21-22-23)10-25-15-8-12(9-24-2)18-16(19-15)26-3/h5-8H,4,9-10H2,1-3H3. The minimum atomic E-state index is 0.155. The first kappa shape index (κ1) is 18.2. The molecule has 0 radical (unpaired) electrons. The smallest absolute Gasteiger partial charge is 0.218 e. The van der Waals surface area contributed by atoms with Gasteiger partial charge in [-0.3, -0.25) is 0 Å². The first-order chi connectivity index (χ1) is 12.7. The molecule has 26 heavy (non-hydrogen) atoms. The zero-order valence-electron chi connectivity index (χ0n) is 14.8. The Balaban J connectivity index is 1.79. The summed E-state index contributed by atoms with van der Waals surface area (Å²) in [7, 11) is 1.62. The lowest BCUT2D eigenvalue weighted by molar-refractivity contribution is 0.179. The van der Waals surface area contributed by atoms with Crippen molar-refractivity contribution in [3.05, 3.63) is 41.5 Å². The maximum atomic E-state index is 5.79. The van der Waals surface area contributed by atoms with Crippen molar-refractivity contribution < 1.29 is 9.47 Å². The third-order valence-corrected chi connectivity index (χ3v) is 4.08. The summed E-state index contributed by atoms with van der Waals surface area (Å²) in [5.74, 6) is 1.63. The number of methoxy groups -OCH3 is 1. The predicted molar refractivity (Wildman–Crippen MR) is 95.2 cm³/mol. The van der Waals surface area contributed by atoms with Crippen molar-refractivity contribution in [2.24, 2.45) is 0 Å². The topological polar surface area (TPSA) is 101 Å². The van der Waals surface area contributed by atoms with E-state index in [1.165, 1.54) is 11.8 Å². The van der Waals surface area contributed by atoms with Crippen LogP contribution < -0.4 is 4.74 Å². The van der Waals surface area contributed by atoms with Gasteiger partial charge in [0.1, 0.15) is 0 Å². The van der Waals surface area contributed by atoms with E-state index in [2.05, 4.69) is 37.4 Å². The molecule has 3 heterocycles. The second kappa shape index (κ2) is 8.68. The molecule has 0 aliphatic rings. The summed E-state index contributed by atoms with van der Waals surface area (Å²) in [6.45, 7) is 2.62. The van der Waals surface area contributed by atoms with Gasteiger partial charge in [-0.15, -0.1) is 5.10 Å². The molecule has 9 nitrogen and oxygen atoms in total. The van der Waals surface area contributed by atoms with E-state index >= 15 is 0 Å². The molecule has 0 bridgehead atoms. The molecular formula is C16H19N7O2S. The molecule has 0 spiro atoms. The van der Waals surface area contributed by atoms with Gasteiger partial charge in [0.05, 0.1) is 12.3 Å². The Hall–Kier alpha value is -2.59. The van der Waals surface area contributed by atoms with Gasteiger partial charge in [-0.1, -0.05) is 18.7 Å². The molecule has 0 saturated carbocycles. The molecule has 136 valence electrons. The molecule has 0 fully saturated rings. The van der Waals surface area contributed by atoms with E-state index in [0.29, 0.717) is 29.3 Å². The first-order valence-corrected chi connectivity index (χ1v) is 9.22. The molecule has 0 aliphatic carbocycles. The van der Waals surface area contributed by atoms with Gasteiger partial charge in [0, 0.05) is 19.4 Å². The normalized spacial score (nSPS) is 10.9. The maximum absolute atomic E-state index is 5.79. The third-order valence-electron chi connectivity index (χ3n) is 3.53. The van der Waals surface area contributed by atoms with Gasteiger partial charge in [0.15, 0.2) is 23.4 Å². The minimum absolute atomic E-state index is 0.155. The highest BCUT2D eigenvalue weighted by Crippen LogP contribution is 2.17. The molecule has 10 heteroatoms. The molecule has 3 aromatic rings. The van der Waals surface area contributed by atoms with Crippen LogP contribution in [0.3, 0.4) is 0 Å². The number of ether oxygens (including phenoxy) is 2. The lowest BCUT2D eigenvalue weighted by Gasteiger charge is -2.09. The molecule has 0 amide bonds. The van der Waals surface area contributed by atoms with E-state index in [1.807, 2.05) is 18.4 Å². The summed E-state index contributed by atoms with van der Waals surface area (Å²) in [5, 5.41) is 12.4. The Labute approximate surface area is 155 Å². The molecular weight excluding hydrogens is 354 g/mol. The number of rotatable bonds is 8. The Bertz CT molecular complexity index is 871. The highest BCUT2D eigenvalue weighted by Gasteiger charge is 2.12. The fourth-order valence-corrected chi connectivity index (χ4v) is 2.63. The molecule has 3 rings (SSSR count). The van der Waals surface area contributed by atoms with Crippen molar-refractivity contribution in [2.45, 2.75) is 31.7 Å². The largest absolute Gasteiger partial charge is 0.469 e. The van der Waals surface area contributed by atoms with Gasteiger partial charge in [0.25, 0.3) is 0 Å². The summed E-state index contributed by atoms with van der Waals surface area (Å²) < 4.78 is 12.5. The van der Waals surface area contributed by atoms with E-state index in [-0.39, 0.29) is 6.61 Å². The predicted octanol–water partition coefficient (Wildman–Crippen LogP) is 1.86. The van der Waals surface area contributed by atoms with Crippen LogP contribution in [-0.2, 0) is 24.4 Å². The molecule has 3 aromatic heterocycles. The molecule has 0 aromatic carbocycles. The fraction of sp³-hybridized carbons (Fsp3) is 0.375. The van der Waals surface area contributed by atoms with E-state index in [9.17, 15) is 0 Å². The van der Waals surface area contributed by atoms with Crippen LogP contribution >= 0.6 is 11.8 Å². The number of tetrazole rings is 1. The fourth-order valence-electron chi connectivity index (χ4n) is 2.24. The first-order valence-electron chi connectivity index (χ1n) is 7.99. The number of pyridine rings is 1. The molecule has 0 saturated heterocycles. The van der Waals surface area contributed by atoms with Gasteiger partial charge in [0.2, 0.25) is 5.88 Å². The molecule has 0 atom stereocenters. The Morgan fingerprint density at radius 3 is 2.85 bits per heavy atom. The van der Waals surface area contributed by atoms with Gasteiger partial charge >= 0.3 is 0 Å².